The summed E-state index contributed by atoms with van der Waals surface area (Å²) in [5.74, 6) is 1.60. The molecule has 0 saturated carbocycles. The van der Waals surface area contributed by atoms with E-state index in [1.807, 2.05) is 0 Å². The van der Waals surface area contributed by atoms with Crippen LogP contribution in [0.1, 0.15) is 5.56 Å². The van der Waals surface area contributed by atoms with Crippen molar-refractivity contribution in [3.63, 3.8) is 0 Å². The molecule has 0 saturated heterocycles. The Morgan fingerprint density at radius 1 is 1.70 bits per heavy atom. The van der Waals surface area contributed by atoms with Gasteiger partial charge in [-0.15, -0.1) is 6.42 Å². The number of rotatable bonds is 0. The molecule has 0 spiro atoms. The van der Waals surface area contributed by atoms with Gasteiger partial charge in [0.05, 0.1) is 5.69 Å². The molecule has 0 aromatic carbocycles. The molecule has 1 rings (SSSR count). The van der Waals surface area contributed by atoms with E-state index in [0.29, 0.717) is 5.56 Å². The molecule has 0 unspecified atom stereocenters. The molecule has 50 valence electrons. The Labute approximate surface area is 57.9 Å². The lowest BCUT2D eigenvalue weighted by molar-refractivity contribution is 0.588. The topological polar surface area (TPSA) is 38.9 Å². The van der Waals surface area contributed by atoms with Gasteiger partial charge in [0.2, 0.25) is 5.95 Å². The van der Waals surface area contributed by atoms with Gasteiger partial charge in [0.25, 0.3) is 0 Å². The average Bonchev–Trinajstić information content (AvgIpc) is 1.95. The molecule has 1 aromatic rings. The molecule has 3 heteroatoms. The summed E-state index contributed by atoms with van der Waals surface area (Å²) in [6.07, 6.45) is 6.26. The number of anilines is 1. The van der Waals surface area contributed by atoms with Crippen molar-refractivity contribution in [1.29, 1.82) is 0 Å². The number of nitrogens with zero attached hydrogens (tertiary/aromatic N) is 1. The van der Waals surface area contributed by atoms with Crippen LogP contribution in [-0.4, -0.2) is 4.98 Å². The van der Waals surface area contributed by atoms with Crippen LogP contribution in [0.3, 0.4) is 0 Å². The molecule has 0 radical (unpaired) electrons. The lowest BCUT2D eigenvalue weighted by atomic mass is 10.3. The van der Waals surface area contributed by atoms with Crippen molar-refractivity contribution in [2.75, 3.05) is 5.73 Å². The van der Waals surface area contributed by atoms with Crippen LogP contribution in [0, 0.1) is 18.3 Å². The summed E-state index contributed by atoms with van der Waals surface area (Å²) in [7, 11) is 0. The van der Waals surface area contributed by atoms with Gasteiger partial charge in [-0.05, 0) is 6.07 Å². The Bertz CT molecular complexity index is 288. The first-order valence-electron chi connectivity index (χ1n) is 2.61. The molecule has 2 N–H and O–H groups in total. The van der Waals surface area contributed by atoms with Gasteiger partial charge in [-0.1, -0.05) is 5.92 Å². The van der Waals surface area contributed by atoms with Crippen LogP contribution >= 0.6 is 0 Å². The van der Waals surface area contributed by atoms with Crippen molar-refractivity contribution < 1.29 is 4.39 Å². The number of nitrogen functional groups attached to an aromatic ring is 1. The molecule has 0 bridgehead atoms. The molecule has 2 nitrogen and oxygen atoms in total. The first-order valence-corrected chi connectivity index (χ1v) is 2.61. The zero-order valence-electron chi connectivity index (χ0n) is 5.13. The van der Waals surface area contributed by atoms with Crippen LogP contribution < -0.4 is 5.73 Å². The molecular weight excluding hydrogens is 131 g/mol. The van der Waals surface area contributed by atoms with Gasteiger partial charge in [-0.25, -0.2) is 4.98 Å². The predicted octanol–water partition coefficient (Wildman–Crippen LogP) is 0.784. The van der Waals surface area contributed by atoms with Crippen LogP contribution in [0.2, 0.25) is 0 Å². The summed E-state index contributed by atoms with van der Waals surface area (Å²) in [6.45, 7) is 0. The maximum Gasteiger partial charge on any atom is 0.236 e. The lowest BCUT2D eigenvalue weighted by Crippen LogP contribution is -1.94. The van der Waals surface area contributed by atoms with Crippen molar-refractivity contribution in [3.05, 3.63) is 23.8 Å². The minimum atomic E-state index is -0.681. The highest BCUT2D eigenvalue weighted by molar-refractivity contribution is 5.44. The molecule has 0 fully saturated rings. The molecule has 0 amide bonds. The van der Waals surface area contributed by atoms with Crippen LogP contribution in [0.25, 0.3) is 0 Å². The molecule has 1 heterocycles. The number of nitrogens with two attached hydrogens (primary N) is 1. The summed E-state index contributed by atoms with van der Waals surface area (Å²) in [4.78, 5) is 3.32. The molecular formula is C7H5FN2. The van der Waals surface area contributed by atoms with E-state index in [4.69, 9.17) is 12.2 Å². The van der Waals surface area contributed by atoms with Gasteiger partial charge in [-0.2, -0.15) is 4.39 Å². The smallest absolute Gasteiger partial charge is 0.236 e. The Balaban J connectivity index is 3.20. The van der Waals surface area contributed by atoms with E-state index in [-0.39, 0.29) is 5.69 Å². The zero-order chi connectivity index (χ0) is 7.56. The van der Waals surface area contributed by atoms with Crippen molar-refractivity contribution in [1.82, 2.24) is 4.98 Å². The van der Waals surface area contributed by atoms with Crippen molar-refractivity contribution in [3.8, 4) is 12.3 Å². The number of aromatic nitrogens is 1. The number of hydrogen-bond acceptors (Lipinski definition) is 2. The number of terminal acetylenes is 1. The monoisotopic (exact) mass is 136 g/mol. The van der Waals surface area contributed by atoms with Gasteiger partial charge < -0.3 is 5.73 Å². The minimum Gasteiger partial charge on any atom is -0.395 e. The van der Waals surface area contributed by atoms with Crippen molar-refractivity contribution >= 4 is 5.69 Å². The SMILES string of the molecule is C#Cc1cnc(F)c(N)c1. The Hall–Kier alpha value is -1.56. The van der Waals surface area contributed by atoms with E-state index >= 15 is 0 Å². The van der Waals surface area contributed by atoms with Crippen LogP contribution in [0.4, 0.5) is 10.1 Å². The van der Waals surface area contributed by atoms with E-state index in [2.05, 4.69) is 10.9 Å². The first kappa shape index (κ1) is 6.56. The highest BCUT2D eigenvalue weighted by atomic mass is 19.1. The van der Waals surface area contributed by atoms with E-state index in [0.717, 1.165) is 0 Å². The standard InChI is InChI=1S/C7H5FN2/c1-2-5-3-6(9)7(8)10-4-5/h1,3-4H,9H2. The molecule has 1 aromatic heterocycles. The first-order chi connectivity index (χ1) is 4.74. The second-order valence-electron chi connectivity index (χ2n) is 1.75. The Kier molecular flexibility index (Phi) is 1.55. The fourth-order valence-electron chi connectivity index (χ4n) is 0.544. The summed E-state index contributed by atoms with van der Waals surface area (Å²) in [5, 5.41) is 0. The normalized spacial score (nSPS) is 8.80. The third-order valence-corrected chi connectivity index (χ3v) is 1.03. The van der Waals surface area contributed by atoms with E-state index in [1.54, 1.807) is 0 Å². The maximum absolute atomic E-state index is 12.3. The number of pyridine rings is 1. The summed E-state index contributed by atoms with van der Waals surface area (Å²) < 4.78 is 12.3. The number of halogens is 1. The fourth-order valence-corrected chi connectivity index (χ4v) is 0.544. The Morgan fingerprint density at radius 2 is 2.40 bits per heavy atom. The van der Waals surface area contributed by atoms with E-state index in [1.165, 1.54) is 12.3 Å². The van der Waals surface area contributed by atoms with Gasteiger partial charge >= 0.3 is 0 Å². The van der Waals surface area contributed by atoms with Crippen molar-refractivity contribution in [2.45, 2.75) is 0 Å². The molecule has 0 aliphatic heterocycles. The third kappa shape index (κ3) is 1.06. The molecule has 0 aliphatic rings. The van der Waals surface area contributed by atoms with Gasteiger partial charge in [0.15, 0.2) is 0 Å². The second kappa shape index (κ2) is 2.36. The molecule has 0 aliphatic carbocycles. The average molecular weight is 136 g/mol. The summed E-state index contributed by atoms with van der Waals surface area (Å²) >= 11 is 0. The summed E-state index contributed by atoms with van der Waals surface area (Å²) in [5.41, 5.74) is 5.63. The van der Waals surface area contributed by atoms with Crippen molar-refractivity contribution in [2.24, 2.45) is 0 Å². The molecule has 10 heavy (non-hydrogen) atoms. The van der Waals surface area contributed by atoms with E-state index in [9.17, 15) is 4.39 Å². The number of hydrogen-bond donors (Lipinski definition) is 1. The van der Waals surface area contributed by atoms with Gasteiger partial charge in [0.1, 0.15) is 0 Å². The quantitative estimate of drug-likeness (QED) is 0.423. The largest absolute Gasteiger partial charge is 0.395 e. The van der Waals surface area contributed by atoms with E-state index < -0.39 is 5.95 Å². The van der Waals surface area contributed by atoms with Crippen LogP contribution in [-0.2, 0) is 0 Å². The minimum absolute atomic E-state index is 0.0181. The predicted molar refractivity (Wildman–Crippen MR) is 36.5 cm³/mol. The maximum atomic E-state index is 12.3. The zero-order valence-corrected chi connectivity index (χ0v) is 5.13. The van der Waals surface area contributed by atoms with Gasteiger partial charge in [-0.3, -0.25) is 0 Å². The van der Waals surface area contributed by atoms with Crippen LogP contribution in [0.5, 0.6) is 0 Å². The lowest BCUT2D eigenvalue weighted by Gasteiger charge is -1.93. The highest BCUT2D eigenvalue weighted by Gasteiger charge is 1.97. The van der Waals surface area contributed by atoms with Crippen LogP contribution in [0.15, 0.2) is 12.3 Å². The molecule has 0 atom stereocenters. The third-order valence-electron chi connectivity index (χ3n) is 1.03. The fraction of sp³-hybridized carbons (Fsp3) is 0. The highest BCUT2D eigenvalue weighted by Crippen LogP contribution is 2.07. The van der Waals surface area contributed by atoms with Gasteiger partial charge in [0, 0.05) is 11.8 Å². The second-order valence-corrected chi connectivity index (χ2v) is 1.75. The summed E-state index contributed by atoms with van der Waals surface area (Å²) in [6, 6.07) is 1.36. The Morgan fingerprint density at radius 3 is 2.90 bits per heavy atom.